The summed E-state index contributed by atoms with van der Waals surface area (Å²) < 4.78 is 26.6. The molecule has 0 aliphatic carbocycles. The van der Waals surface area contributed by atoms with Crippen LogP contribution < -0.4 is 5.32 Å². The van der Waals surface area contributed by atoms with Crippen molar-refractivity contribution in [3.05, 3.63) is 81.6 Å². The lowest BCUT2D eigenvalue weighted by atomic mass is 10.0. The molecule has 5 nitrogen and oxygen atoms in total. The van der Waals surface area contributed by atoms with E-state index in [4.69, 9.17) is 9.47 Å². The van der Waals surface area contributed by atoms with Gasteiger partial charge in [-0.25, -0.2) is 4.39 Å². The van der Waals surface area contributed by atoms with Gasteiger partial charge in [0.05, 0.1) is 19.3 Å². The maximum absolute atomic E-state index is 13.5. The average molecular weight is 461 g/mol. The van der Waals surface area contributed by atoms with Crippen LogP contribution in [-0.4, -0.2) is 43.3 Å². The summed E-state index contributed by atoms with van der Waals surface area (Å²) in [6, 6.07) is 14.2. The van der Waals surface area contributed by atoms with Crippen molar-refractivity contribution in [3.63, 3.8) is 0 Å². The first-order valence-corrected chi connectivity index (χ1v) is 10.3. The molecule has 29 heavy (non-hydrogen) atoms. The van der Waals surface area contributed by atoms with E-state index in [2.05, 4.69) is 26.1 Å². The van der Waals surface area contributed by atoms with E-state index in [0.717, 1.165) is 21.2 Å². The molecule has 0 saturated carbocycles. The molecule has 2 aliphatic heterocycles. The summed E-state index contributed by atoms with van der Waals surface area (Å²) in [5.41, 5.74) is 2.98. The van der Waals surface area contributed by atoms with Crippen molar-refractivity contribution < 1.29 is 18.7 Å². The molecule has 1 amide bonds. The van der Waals surface area contributed by atoms with Gasteiger partial charge in [-0.2, -0.15) is 0 Å². The topological polar surface area (TPSA) is 50.8 Å². The monoisotopic (exact) mass is 460 g/mol. The second-order valence-electron chi connectivity index (χ2n) is 7.17. The van der Waals surface area contributed by atoms with Crippen molar-refractivity contribution in [2.75, 3.05) is 26.2 Å². The summed E-state index contributed by atoms with van der Waals surface area (Å²) in [4.78, 5) is 13.8. The fourth-order valence-corrected chi connectivity index (χ4v) is 4.14. The lowest BCUT2D eigenvalue weighted by molar-refractivity contribution is -0.215. The molecule has 0 aromatic heterocycles. The summed E-state index contributed by atoms with van der Waals surface area (Å²) in [5, 5.41) is 2.81. The van der Waals surface area contributed by atoms with Gasteiger partial charge in [-0.1, -0.05) is 40.2 Å². The Balaban J connectivity index is 1.55. The number of ether oxygens (including phenoxy) is 2. The Bertz CT molecular complexity index is 903. The van der Waals surface area contributed by atoms with Gasteiger partial charge in [0.15, 0.2) is 6.29 Å². The van der Waals surface area contributed by atoms with E-state index in [-0.39, 0.29) is 17.8 Å². The number of benzene rings is 2. The largest absolute Gasteiger partial charge is 0.349 e. The molecule has 2 atom stereocenters. The Morgan fingerprint density at radius 1 is 1.24 bits per heavy atom. The Kier molecular flexibility index (Phi) is 6.40. The van der Waals surface area contributed by atoms with Crippen molar-refractivity contribution in [3.8, 4) is 0 Å². The Labute approximate surface area is 177 Å². The van der Waals surface area contributed by atoms with Crippen LogP contribution in [0.2, 0.25) is 0 Å². The number of morpholine rings is 1. The minimum atomic E-state index is -0.501. The normalized spacial score (nSPS) is 22.4. The molecule has 2 aliphatic rings. The number of amides is 1. The molecule has 0 radical (unpaired) electrons. The van der Waals surface area contributed by atoms with Crippen LogP contribution in [0.1, 0.15) is 17.2 Å². The fourth-order valence-electron chi connectivity index (χ4n) is 3.69. The molecule has 1 N–H and O–H groups in total. The first-order chi connectivity index (χ1) is 14.1. The van der Waals surface area contributed by atoms with Gasteiger partial charge in [0.2, 0.25) is 5.91 Å². The van der Waals surface area contributed by atoms with E-state index in [1.165, 1.54) is 12.1 Å². The zero-order chi connectivity index (χ0) is 20.2. The predicted octanol–water partition coefficient (Wildman–Crippen LogP) is 3.56. The van der Waals surface area contributed by atoms with Crippen LogP contribution in [0, 0.1) is 5.82 Å². The summed E-state index contributed by atoms with van der Waals surface area (Å²) >= 11 is 3.48. The van der Waals surface area contributed by atoms with Gasteiger partial charge in [-0.05, 0) is 41.0 Å². The highest BCUT2D eigenvalue weighted by molar-refractivity contribution is 9.10. The SMILES string of the molecule is O=C1C=C(CN2CCO[C@H](OCc3cccc(Br)c3)[C@@H]2c2ccc(F)cc2)CN1. The summed E-state index contributed by atoms with van der Waals surface area (Å²) in [6.07, 6.45) is 1.15. The van der Waals surface area contributed by atoms with Crippen molar-refractivity contribution >= 4 is 21.8 Å². The van der Waals surface area contributed by atoms with E-state index < -0.39 is 6.29 Å². The molecule has 2 aromatic carbocycles. The zero-order valence-electron chi connectivity index (χ0n) is 15.8. The number of hydrogen-bond acceptors (Lipinski definition) is 4. The van der Waals surface area contributed by atoms with Crippen LogP contribution >= 0.6 is 15.9 Å². The van der Waals surface area contributed by atoms with Gasteiger partial charge >= 0.3 is 0 Å². The summed E-state index contributed by atoms with van der Waals surface area (Å²) in [7, 11) is 0. The lowest BCUT2D eigenvalue weighted by Gasteiger charge is -2.41. The van der Waals surface area contributed by atoms with Crippen molar-refractivity contribution in [1.82, 2.24) is 10.2 Å². The smallest absolute Gasteiger partial charge is 0.244 e. The summed E-state index contributed by atoms with van der Waals surface area (Å²) in [6.45, 7) is 2.80. The number of halogens is 2. The van der Waals surface area contributed by atoms with Gasteiger partial charge in [-0.3, -0.25) is 9.69 Å². The number of hydrogen-bond donors (Lipinski definition) is 1. The third kappa shape index (κ3) is 5.11. The lowest BCUT2D eigenvalue weighted by Crippen LogP contribution is -2.47. The number of rotatable bonds is 6. The maximum Gasteiger partial charge on any atom is 0.244 e. The highest BCUT2D eigenvalue weighted by atomic mass is 79.9. The number of nitrogens with one attached hydrogen (secondary N) is 1. The van der Waals surface area contributed by atoms with Crippen LogP contribution in [0.25, 0.3) is 0 Å². The third-order valence-corrected chi connectivity index (χ3v) is 5.55. The Hall–Kier alpha value is -2.06. The van der Waals surface area contributed by atoms with Gasteiger partial charge < -0.3 is 14.8 Å². The van der Waals surface area contributed by atoms with E-state index in [1.807, 2.05) is 24.3 Å². The third-order valence-electron chi connectivity index (χ3n) is 5.06. The van der Waals surface area contributed by atoms with Crippen LogP contribution in [0.4, 0.5) is 4.39 Å². The molecular weight excluding hydrogens is 439 g/mol. The standard InChI is InChI=1S/C22H22BrFN2O3/c23-18-3-1-2-15(10-18)14-29-22-21(17-4-6-19(24)7-5-17)26(8-9-28-22)13-16-11-20(27)25-12-16/h1-7,10-11,21-22H,8-9,12-14H2,(H,25,27)/t21-,22+/m0/s1. The second kappa shape index (κ2) is 9.17. The van der Waals surface area contributed by atoms with Crippen molar-refractivity contribution in [2.24, 2.45) is 0 Å². The first-order valence-electron chi connectivity index (χ1n) is 9.53. The van der Waals surface area contributed by atoms with Gasteiger partial charge in [0, 0.05) is 30.2 Å². The highest BCUT2D eigenvalue weighted by Gasteiger charge is 2.35. The Morgan fingerprint density at radius 2 is 2.07 bits per heavy atom. The van der Waals surface area contributed by atoms with Crippen LogP contribution in [0.5, 0.6) is 0 Å². The molecular formula is C22H22BrFN2O3. The van der Waals surface area contributed by atoms with Gasteiger partial charge in [0.1, 0.15) is 5.82 Å². The quantitative estimate of drug-likeness (QED) is 0.715. The van der Waals surface area contributed by atoms with Crippen molar-refractivity contribution in [2.45, 2.75) is 18.9 Å². The molecule has 1 fully saturated rings. The fraction of sp³-hybridized carbons (Fsp3) is 0.318. The highest BCUT2D eigenvalue weighted by Crippen LogP contribution is 2.32. The van der Waals surface area contributed by atoms with E-state index in [0.29, 0.717) is 32.8 Å². The van der Waals surface area contributed by atoms with Gasteiger partial charge in [0.25, 0.3) is 0 Å². The first kappa shape index (κ1) is 20.2. The predicted molar refractivity (Wildman–Crippen MR) is 110 cm³/mol. The molecule has 7 heteroatoms. The molecule has 0 unspecified atom stereocenters. The van der Waals surface area contributed by atoms with E-state index >= 15 is 0 Å². The Morgan fingerprint density at radius 3 is 2.79 bits per heavy atom. The molecule has 0 bridgehead atoms. The summed E-state index contributed by atoms with van der Waals surface area (Å²) in [5.74, 6) is -0.342. The van der Waals surface area contributed by atoms with E-state index in [9.17, 15) is 9.18 Å². The molecule has 2 heterocycles. The second-order valence-corrected chi connectivity index (χ2v) is 8.08. The number of carbonyl (C=O) groups excluding carboxylic acids is 1. The molecule has 2 aromatic rings. The minimum absolute atomic E-state index is 0.0611. The van der Waals surface area contributed by atoms with Crippen LogP contribution in [0.3, 0.4) is 0 Å². The van der Waals surface area contributed by atoms with Gasteiger partial charge in [-0.15, -0.1) is 0 Å². The number of nitrogens with zero attached hydrogens (tertiary/aromatic N) is 1. The van der Waals surface area contributed by atoms with Crippen LogP contribution in [-0.2, 0) is 20.9 Å². The molecule has 152 valence electrons. The van der Waals surface area contributed by atoms with Crippen LogP contribution in [0.15, 0.2) is 64.7 Å². The molecule has 4 rings (SSSR count). The molecule has 0 spiro atoms. The van der Waals surface area contributed by atoms with E-state index in [1.54, 1.807) is 18.2 Å². The average Bonchev–Trinajstić information content (AvgIpc) is 3.12. The molecule has 1 saturated heterocycles. The maximum atomic E-state index is 13.5. The number of carbonyl (C=O) groups is 1. The zero-order valence-corrected chi connectivity index (χ0v) is 17.4. The van der Waals surface area contributed by atoms with Crippen molar-refractivity contribution in [1.29, 1.82) is 0 Å². The minimum Gasteiger partial charge on any atom is -0.349 e.